The fourth-order valence-electron chi connectivity index (χ4n) is 5.87. The van der Waals surface area contributed by atoms with Gasteiger partial charge in [-0.3, -0.25) is 9.36 Å². The van der Waals surface area contributed by atoms with Gasteiger partial charge in [0.25, 0.3) is 5.56 Å². The number of nitrogens with zero attached hydrogens (tertiary/aromatic N) is 7. The monoisotopic (exact) mass is 497 g/mol. The topological polar surface area (TPSA) is 119 Å². The number of hydrogen-bond donors (Lipinski definition) is 2. The molecule has 0 bridgehead atoms. The number of hydrogen-bond acceptors (Lipinski definition) is 8. The van der Waals surface area contributed by atoms with Crippen LogP contribution in [0.4, 0.5) is 17.5 Å². The molecule has 0 atom stereocenters. The smallest absolute Gasteiger partial charge is 0.270 e. The largest absolute Gasteiger partial charge is 0.368 e. The number of nitrogens with one attached hydrogen (secondary N) is 2. The van der Waals surface area contributed by atoms with Gasteiger partial charge in [-0.1, -0.05) is 12.8 Å². The number of aromatic amines is 1. The molecule has 10 nitrogen and oxygen atoms in total. The van der Waals surface area contributed by atoms with E-state index >= 15 is 0 Å². The minimum atomic E-state index is -0.278. The minimum Gasteiger partial charge on any atom is -0.368 e. The molecule has 2 N–H and O–H groups in total. The molecule has 1 aliphatic carbocycles. The molecular weight excluding hydrogens is 466 g/mol. The van der Waals surface area contributed by atoms with Crippen molar-refractivity contribution in [1.29, 1.82) is 5.26 Å². The van der Waals surface area contributed by atoms with Crippen LogP contribution in [-0.2, 0) is 0 Å². The number of H-pyrrole nitrogens is 1. The summed E-state index contributed by atoms with van der Waals surface area (Å²) in [6.45, 7) is 1.98. The lowest BCUT2D eigenvalue weighted by Gasteiger charge is -2.36. The van der Waals surface area contributed by atoms with Crippen molar-refractivity contribution in [3.8, 4) is 6.07 Å². The van der Waals surface area contributed by atoms with Crippen LogP contribution < -0.4 is 15.8 Å². The van der Waals surface area contributed by atoms with Gasteiger partial charge in [0, 0.05) is 48.3 Å². The number of fused-ring (bicyclic) bond motifs is 2. The summed E-state index contributed by atoms with van der Waals surface area (Å²) in [4.78, 5) is 35.2. The fourth-order valence-corrected chi connectivity index (χ4v) is 5.87. The molecule has 0 radical (unpaired) electrons. The van der Waals surface area contributed by atoms with E-state index in [2.05, 4.69) is 39.2 Å². The van der Waals surface area contributed by atoms with Gasteiger partial charge in [0.1, 0.15) is 23.1 Å². The van der Waals surface area contributed by atoms with Crippen LogP contribution in [0.15, 0.2) is 35.5 Å². The van der Waals surface area contributed by atoms with Gasteiger partial charge in [0.05, 0.1) is 17.4 Å². The Morgan fingerprint density at radius 1 is 1.14 bits per heavy atom. The highest BCUT2D eigenvalue weighted by Gasteiger charge is 2.25. The molecule has 1 aliphatic heterocycles. The average molecular weight is 498 g/mol. The maximum absolute atomic E-state index is 13.1. The minimum absolute atomic E-state index is 0.0523. The van der Waals surface area contributed by atoms with E-state index in [9.17, 15) is 10.1 Å². The fraction of sp³-hybridized carbons (Fsp3) is 0.444. The molecule has 0 unspecified atom stereocenters. The van der Waals surface area contributed by atoms with Gasteiger partial charge in [-0.05, 0) is 51.9 Å². The Balaban J connectivity index is 1.34. The summed E-state index contributed by atoms with van der Waals surface area (Å²) in [5.41, 5.74) is 2.54. The molecular formula is C27H31N9O. The Kier molecular flexibility index (Phi) is 6.00. The molecule has 10 heteroatoms. The lowest BCUT2D eigenvalue weighted by Crippen LogP contribution is -2.42. The van der Waals surface area contributed by atoms with E-state index in [1.165, 1.54) is 0 Å². The lowest BCUT2D eigenvalue weighted by molar-refractivity contribution is 0.250. The number of nitriles is 1. The Morgan fingerprint density at radius 2 is 1.92 bits per heavy atom. The number of aromatic nitrogens is 5. The molecule has 0 amide bonds. The second-order valence-corrected chi connectivity index (χ2v) is 10.3. The van der Waals surface area contributed by atoms with Crippen LogP contribution in [0.1, 0.15) is 50.1 Å². The van der Waals surface area contributed by atoms with E-state index < -0.39 is 0 Å². The van der Waals surface area contributed by atoms with E-state index in [1.807, 2.05) is 24.5 Å². The van der Waals surface area contributed by atoms with Gasteiger partial charge < -0.3 is 20.1 Å². The molecule has 2 fully saturated rings. The molecule has 1 saturated heterocycles. The maximum Gasteiger partial charge on any atom is 0.270 e. The normalized spacial score (nSPS) is 17.2. The number of piperidine rings is 1. The Morgan fingerprint density at radius 3 is 2.65 bits per heavy atom. The number of rotatable bonds is 5. The van der Waals surface area contributed by atoms with E-state index in [1.54, 1.807) is 16.8 Å². The zero-order chi connectivity index (χ0) is 25.5. The van der Waals surface area contributed by atoms with Crippen molar-refractivity contribution in [3.63, 3.8) is 0 Å². The summed E-state index contributed by atoms with van der Waals surface area (Å²) in [7, 11) is 4.30. The van der Waals surface area contributed by atoms with E-state index in [0.29, 0.717) is 28.8 Å². The molecule has 5 heterocycles. The predicted octanol–water partition coefficient (Wildman–Crippen LogP) is 3.93. The van der Waals surface area contributed by atoms with Crippen molar-refractivity contribution in [2.24, 2.45) is 0 Å². The van der Waals surface area contributed by atoms with Crippen molar-refractivity contribution >= 4 is 39.4 Å². The average Bonchev–Trinajstić information content (AvgIpc) is 3.62. The first-order valence-electron chi connectivity index (χ1n) is 13.0. The molecule has 1 saturated carbocycles. The Labute approximate surface area is 215 Å². The van der Waals surface area contributed by atoms with Crippen LogP contribution >= 0.6 is 0 Å². The molecule has 2 aliphatic rings. The molecule has 6 rings (SSSR count). The summed E-state index contributed by atoms with van der Waals surface area (Å²) >= 11 is 0. The predicted molar refractivity (Wildman–Crippen MR) is 144 cm³/mol. The van der Waals surface area contributed by atoms with Crippen LogP contribution in [0.3, 0.4) is 0 Å². The van der Waals surface area contributed by atoms with E-state index in [0.717, 1.165) is 68.2 Å². The summed E-state index contributed by atoms with van der Waals surface area (Å²) in [6.07, 6.45) is 11.7. The van der Waals surface area contributed by atoms with E-state index in [4.69, 9.17) is 9.97 Å². The van der Waals surface area contributed by atoms with Crippen molar-refractivity contribution in [2.75, 3.05) is 37.4 Å². The third kappa shape index (κ3) is 4.19. The second-order valence-electron chi connectivity index (χ2n) is 10.3. The van der Waals surface area contributed by atoms with Crippen LogP contribution in [0.2, 0.25) is 0 Å². The van der Waals surface area contributed by atoms with Gasteiger partial charge in [0.15, 0.2) is 0 Å². The van der Waals surface area contributed by atoms with Crippen LogP contribution in [0.25, 0.3) is 21.9 Å². The Bertz CT molecular complexity index is 1550. The zero-order valence-electron chi connectivity index (χ0n) is 21.2. The molecule has 0 aromatic carbocycles. The maximum atomic E-state index is 13.1. The molecule has 37 heavy (non-hydrogen) atoms. The first-order chi connectivity index (χ1) is 18.0. The highest BCUT2D eigenvalue weighted by Crippen LogP contribution is 2.33. The molecule has 0 spiro atoms. The summed E-state index contributed by atoms with van der Waals surface area (Å²) < 4.78 is 1.70. The van der Waals surface area contributed by atoms with Crippen molar-refractivity contribution in [3.05, 3.63) is 46.6 Å². The highest BCUT2D eigenvalue weighted by molar-refractivity contribution is 5.98. The number of anilines is 3. The molecule has 190 valence electrons. The van der Waals surface area contributed by atoms with Crippen molar-refractivity contribution in [1.82, 2.24) is 29.4 Å². The third-order valence-corrected chi connectivity index (χ3v) is 7.92. The zero-order valence-corrected chi connectivity index (χ0v) is 21.2. The van der Waals surface area contributed by atoms with Gasteiger partial charge in [-0.25, -0.2) is 9.97 Å². The summed E-state index contributed by atoms with van der Waals surface area (Å²) in [5, 5.41) is 14.4. The van der Waals surface area contributed by atoms with Crippen LogP contribution in [0, 0.1) is 11.3 Å². The lowest BCUT2D eigenvalue weighted by atomic mass is 10.0. The van der Waals surface area contributed by atoms with Gasteiger partial charge in [-0.2, -0.15) is 10.2 Å². The van der Waals surface area contributed by atoms with Crippen molar-refractivity contribution in [2.45, 2.75) is 50.6 Å². The second kappa shape index (κ2) is 9.48. The number of pyridine rings is 2. The van der Waals surface area contributed by atoms with Gasteiger partial charge in [-0.15, -0.1) is 0 Å². The quantitative estimate of drug-likeness (QED) is 0.426. The first-order valence-corrected chi connectivity index (χ1v) is 13.0. The van der Waals surface area contributed by atoms with Gasteiger partial charge >= 0.3 is 0 Å². The molecule has 4 aromatic heterocycles. The van der Waals surface area contributed by atoms with E-state index in [-0.39, 0.29) is 17.2 Å². The Hall–Kier alpha value is -3.97. The standard InChI is InChI=1S/C27H31N9O/c1-34(2)19-8-11-35(12-9-19)22-16-30-24(21-7-10-29-23(21)22)32-27-31-15-18-13-17(14-28)26(37)36(25(18)33-27)20-5-3-4-6-20/h7,10,13,15-16,19-20,29H,3-6,8-9,11-12H2,1-2H3,(H,30,31,32,33). The SMILES string of the molecule is CN(C)C1CCN(c2cnc(Nc3ncc4cc(C#N)c(=O)n(C5CCCC5)c4n3)c3cc[nH]c23)CC1. The third-order valence-electron chi connectivity index (χ3n) is 7.92. The van der Waals surface area contributed by atoms with Crippen LogP contribution in [0.5, 0.6) is 0 Å². The first kappa shape index (κ1) is 23.4. The molecule has 4 aromatic rings. The van der Waals surface area contributed by atoms with Crippen LogP contribution in [-0.4, -0.2) is 62.6 Å². The highest BCUT2D eigenvalue weighted by atomic mass is 16.1. The van der Waals surface area contributed by atoms with Crippen molar-refractivity contribution < 1.29 is 0 Å². The summed E-state index contributed by atoms with van der Waals surface area (Å²) in [5.74, 6) is 1.03. The summed E-state index contributed by atoms with van der Waals surface area (Å²) in [6, 6.07) is 6.30. The van der Waals surface area contributed by atoms with Gasteiger partial charge in [0.2, 0.25) is 5.95 Å².